The van der Waals surface area contributed by atoms with Crippen LogP contribution in [0.25, 0.3) is 22.2 Å². The van der Waals surface area contributed by atoms with E-state index in [9.17, 15) is 4.39 Å². The van der Waals surface area contributed by atoms with E-state index < -0.39 is 0 Å². The van der Waals surface area contributed by atoms with Crippen LogP contribution in [0.15, 0.2) is 42.5 Å². The third-order valence-electron chi connectivity index (χ3n) is 3.05. The predicted octanol–water partition coefficient (Wildman–Crippen LogP) is 4.64. The first-order valence-corrected chi connectivity index (χ1v) is 6.17. The molecule has 0 radical (unpaired) electrons. The van der Waals surface area contributed by atoms with Gasteiger partial charge in [-0.25, -0.2) is 4.39 Å². The number of halogens is 2. The SMILES string of the molecule is COc1cc2cc(-c3ccc(F)cc3)[nH]c2cc1Cl. The van der Waals surface area contributed by atoms with Gasteiger partial charge in [0.05, 0.1) is 12.1 Å². The molecule has 0 saturated carbocycles. The summed E-state index contributed by atoms with van der Waals surface area (Å²) >= 11 is 6.08. The second-order valence-corrected chi connectivity index (χ2v) is 4.67. The summed E-state index contributed by atoms with van der Waals surface area (Å²) in [4.78, 5) is 3.26. The number of hydrogen-bond acceptors (Lipinski definition) is 1. The Bertz CT molecular complexity index is 734. The molecule has 0 atom stereocenters. The van der Waals surface area contributed by atoms with E-state index in [0.29, 0.717) is 10.8 Å². The van der Waals surface area contributed by atoms with Gasteiger partial charge in [-0.2, -0.15) is 0 Å². The van der Waals surface area contributed by atoms with E-state index in [1.165, 1.54) is 12.1 Å². The zero-order valence-electron chi connectivity index (χ0n) is 10.2. The molecule has 0 aliphatic carbocycles. The highest BCUT2D eigenvalue weighted by Gasteiger charge is 2.08. The lowest BCUT2D eigenvalue weighted by molar-refractivity contribution is 0.415. The number of aromatic nitrogens is 1. The Morgan fingerprint density at radius 1 is 1.11 bits per heavy atom. The fourth-order valence-corrected chi connectivity index (χ4v) is 2.32. The number of rotatable bonds is 2. The Morgan fingerprint density at radius 2 is 1.84 bits per heavy atom. The van der Waals surface area contributed by atoms with Crippen molar-refractivity contribution in [3.63, 3.8) is 0 Å². The van der Waals surface area contributed by atoms with E-state index in [0.717, 1.165) is 22.2 Å². The lowest BCUT2D eigenvalue weighted by Crippen LogP contribution is -1.83. The minimum absolute atomic E-state index is 0.246. The number of nitrogens with one attached hydrogen (secondary N) is 1. The largest absolute Gasteiger partial charge is 0.495 e. The minimum Gasteiger partial charge on any atom is -0.495 e. The summed E-state index contributed by atoms with van der Waals surface area (Å²) in [6.07, 6.45) is 0. The van der Waals surface area contributed by atoms with Crippen molar-refractivity contribution in [2.45, 2.75) is 0 Å². The highest BCUT2D eigenvalue weighted by atomic mass is 35.5. The Hall–Kier alpha value is -2.00. The van der Waals surface area contributed by atoms with Gasteiger partial charge in [-0.15, -0.1) is 0 Å². The molecule has 0 unspecified atom stereocenters. The van der Waals surface area contributed by atoms with Gasteiger partial charge in [0.15, 0.2) is 0 Å². The molecule has 0 aliphatic rings. The molecule has 0 fully saturated rings. The summed E-state index contributed by atoms with van der Waals surface area (Å²) in [6, 6.07) is 12.0. The second-order valence-electron chi connectivity index (χ2n) is 4.26. The van der Waals surface area contributed by atoms with Gasteiger partial charge in [-0.3, -0.25) is 0 Å². The standard InChI is InChI=1S/C15H11ClFNO/c1-19-15-7-10-6-13(18-14(10)8-12(15)16)9-2-4-11(17)5-3-9/h2-8,18H,1H3. The fraction of sp³-hybridized carbons (Fsp3) is 0.0667. The van der Waals surface area contributed by atoms with Gasteiger partial charge in [0.2, 0.25) is 0 Å². The Balaban J connectivity index is 2.13. The maximum Gasteiger partial charge on any atom is 0.138 e. The first-order chi connectivity index (χ1) is 9.17. The summed E-state index contributed by atoms with van der Waals surface area (Å²) in [5, 5.41) is 1.56. The molecule has 1 N–H and O–H groups in total. The van der Waals surface area contributed by atoms with Gasteiger partial charge in [0, 0.05) is 16.6 Å². The van der Waals surface area contributed by atoms with Crippen molar-refractivity contribution in [2.75, 3.05) is 7.11 Å². The van der Waals surface area contributed by atoms with Crippen molar-refractivity contribution in [3.05, 3.63) is 53.3 Å². The third kappa shape index (κ3) is 2.17. The summed E-state index contributed by atoms with van der Waals surface area (Å²) in [6.45, 7) is 0. The maximum atomic E-state index is 12.9. The Kier molecular flexibility index (Phi) is 2.91. The number of benzene rings is 2. The summed E-state index contributed by atoms with van der Waals surface area (Å²) in [5.74, 6) is 0.392. The van der Waals surface area contributed by atoms with Crippen molar-refractivity contribution in [2.24, 2.45) is 0 Å². The van der Waals surface area contributed by atoms with Crippen LogP contribution in [-0.2, 0) is 0 Å². The molecule has 4 heteroatoms. The van der Waals surface area contributed by atoms with Crippen LogP contribution in [0.4, 0.5) is 4.39 Å². The Labute approximate surface area is 114 Å². The first kappa shape index (κ1) is 12.1. The van der Waals surface area contributed by atoms with Crippen LogP contribution in [0.3, 0.4) is 0 Å². The molecular weight excluding hydrogens is 265 g/mol. The monoisotopic (exact) mass is 275 g/mol. The number of fused-ring (bicyclic) bond motifs is 1. The van der Waals surface area contributed by atoms with Crippen LogP contribution in [-0.4, -0.2) is 12.1 Å². The lowest BCUT2D eigenvalue weighted by atomic mass is 10.1. The highest BCUT2D eigenvalue weighted by molar-refractivity contribution is 6.32. The number of hydrogen-bond donors (Lipinski definition) is 1. The number of ether oxygens (including phenoxy) is 1. The van der Waals surface area contributed by atoms with E-state index in [1.807, 2.05) is 18.2 Å². The normalized spacial score (nSPS) is 10.9. The van der Waals surface area contributed by atoms with Crippen LogP contribution >= 0.6 is 11.6 Å². The molecule has 0 spiro atoms. The quantitative estimate of drug-likeness (QED) is 0.724. The topological polar surface area (TPSA) is 25.0 Å². The van der Waals surface area contributed by atoms with Crippen molar-refractivity contribution in [3.8, 4) is 17.0 Å². The summed E-state index contributed by atoms with van der Waals surface area (Å²) in [5.41, 5.74) is 2.76. The van der Waals surface area contributed by atoms with E-state index in [1.54, 1.807) is 19.2 Å². The zero-order chi connectivity index (χ0) is 13.4. The molecule has 0 aliphatic heterocycles. The van der Waals surface area contributed by atoms with Crippen molar-refractivity contribution in [1.82, 2.24) is 4.98 Å². The molecule has 96 valence electrons. The molecule has 19 heavy (non-hydrogen) atoms. The van der Waals surface area contributed by atoms with Crippen LogP contribution < -0.4 is 4.74 Å². The van der Waals surface area contributed by atoms with Gasteiger partial charge >= 0.3 is 0 Å². The minimum atomic E-state index is -0.246. The highest BCUT2D eigenvalue weighted by Crippen LogP contribution is 2.32. The molecule has 3 aromatic rings. The molecule has 0 saturated heterocycles. The van der Waals surface area contributed by atoms with E-state index >= 15 is 0 Å². The van der Waals surface area contributed by atoms with Crippen LogP contribution in [0.1, 0.15) is 0 Å². The van der Waals surface area contributed by atoms with Gasteiger partial charge in [0.25, 0.3) is 0 Å². The third-order valence-corrected chi connectivity index (χ3v) is 3.34. The average Bonchev–Trinajstić information content (AvgIpc) is 2.81. The van der Waals surface area contributed by atoms with E-state index in [2.05, 4.69) is 4.98 Å². The predicted molar refractivity (Wildman–Crippen MR) is 75.3 cm³/mol. The molecule has 1 heterocycles. The number of H-pyrrole nitrogens is 1. The first-order valence-electron chi connectivity index (χ1n) is 5.79. The van der Waals surface area contributed by atoms with Gasteiger partial charge in [0.1, 0.15) is 11.6 Å². The van der Waals surface area contributed by atoms with Gasteiger partial charge in [-0.05, 0) is 48.0 Å². The van der Waals surface area contributed by atoms with Gasteiger partial charge < -0.3 is 9.72 Å². The fourth-order valence-electron chi connectivity index (χ4n) is 2.07. The molecule has 0 amide bonds. The van der Waals surface area contributed by atoms with E-state index in [-0.39, 0.29) is 5.82 Å². The zero-order valence-corrected chi connectivity index (χ0v) is 11.0. The van der Waals surface area contributed by atoms with Crippen LogP contribution in [0, 0.1) is 5.82 Å². The second kappa shape index (κ2) is 4.59. The van der Waals surface area contributed by atoms with Gasteiger partial charge in [-0.1, -0.05) is 11.6 Å². The smallest absolute Gasteiger partial charge is 0.138 e. The lowest BCUT2D eigenvalue weighted by Gasteiger charge is -2.01. The summed E-state index contributed by atoms with van der Waals surface area (Å²) < 4.78 is 18.1. The number of methoxy groups -OCH3 is 1. The molecular formula is C15H11ClFNO. The van der Waals surface area contributed by atoms with Crippen molar-refractivity contribution in [1.29, 1.82) is 0 Å². The molecule has 1 aromatic heterocycles. The van der Waals surface area contributed by atoms with Crippen molar-refractivity contribution >= 4 is 22.5 Å². The van der Waals surface area contributed by atoms with E-state index in [4.69, 9.17) is 16.3 Å². The molecule has 2 aromatic carbocycles. The maximum absolute atomic E-state index is 12.9. The molecule has 3 rings (SSSR count). The van der Waals surface area contributed by atoms with Crippen LogP contribution in [0.5, 0.6) is 5.75 Å². The summed E-state index contributed by atoms with van der Waals surface area (Å²) in [7, 11) is 1.58. The Morgan fingerprint density at radius 3 is 2.53 bits per heavy atom. The number of aromatic amines is 1. The average molecular weight is 276 g/mol. The molecule has 0 bridgehead atoms. The molecule has 2 nitrogen and oxygen atoms in total. The van der Waals surface area contributed by atoms with Crippen molar-refractivity contribution < 1.29 is 9.13 Å². The van der Waals surface area contributed by atoms with Crippen LogP contribution in [0.2, 0.25) is 5.02 Å².